The van der Waals surface area contributed by atoms with Gasteiger partial charge in [0.25, 0.3) is 0 Å². The van der Waals surface area contributed by atoms with E-state index in [4.69, 9.17) is 14.2 Å². The fourth-order valence-electron chi connectivity index (χ4n) is 2.11. The lowest BCUT2D eigenvalue weighted by Crippen LogP contribution is -2.34. The highest BCUT2D eigenvalue weighted by molar-refractivity contribution is 8.01. The monoisotopic (exact) mass is 304 g/mol. The third kappa shape index (κ3) is 5.72. The minimum absolute atomic E-state index is 0.105. The first-order valence-electron chi connectivity index (χ1n) is 7.62. The van der Waals surface area contributed by atoms with Crippen molar-refractivity contribution >= 4 is 17.5 Å². The van der Waals surface area contributed by atoms with Gasteiger partial charge in [0.1, 0.15) is 6.10 Å². The van der Waals surface area contributed by atoms with Crippen LogP contribution in [0.5, 0.6) is 0 Å². The highest BCUT2D eigenvalue weighted by Gasteiger charge is 2.43. The van der Waals surface area contributed by atoms with Crippen LogP contribution in [-0.4, -0.2) is 55.9 Å². The van der Waals surface area contributed by atoms with Crippen LogP contribution in [0.15, 0.2) is 0 Å². The summed E-state index contributed by atoms with van der Waals surface area (Å²) in [5.74, 6) is 0.164. The summed E-state index contributed by atoms with van der Waals surface area (Å²) in [6.07, 6.45) is 3.93. The second kappa shape index (κ2) is 10.6. The van der Waals surface area contributed by atoms with Crippen molar-refractivity contribution in [1.82, 2.24) is 0 Å². The van der Waals surface area contributed by atoms with E-state index in [0.717, 1.165) is 32.3 Å². The number of ketones is 1. The molecule has 1 rings (SSSR count). The molecule has 1 heterocycles. The zero-order valence-electron chi connectivity index (χ0n) is 12.9. The molecule has 4 nitrogen and oxygen atoms in total. The lowest BCUT2D eigenvalue weighted by molar-refractivity contribution is -0.130. The number of ether oxygens (including phenoxy) is 3. The number of hydrogen-bond donors (Lipinski definition) is 0. The Hall–Kier alpha value is -0.100. The molecule has 0 aromatic heterocycles. The van der Waals surface area contributed by atoms with E-state index in [-0.39, 0.29) is 22.4 Å². The van der Waals surface area contributed by atoms with Crippen LogP contribution in [0.3, 0.4) is 0 Å². The second-order valence-electron chi connectivity index (χ2n) is 5.09. The first kappa shape index (κ1) is 18.0. The quantitative estimate of drug-likeness (QED) is 0.549. The molecule has 0 bridgehead atoms. The summed E-state index contributed by atoms with van der Waals surface area (Å²) in [6, 6.07) is 0. The normalized spacial score (nSPS) is 26.4. The maximum Gasteiger partial charge on any atom is 0.178 e. The predicted molar refractivity (Wildman–Crippen MR) is 82.4 cm³/mol. The van der Waals surface area contributed by atoms with E-state index in [1.807, 2.05) is 0 Å². The molecular weight excluding hydrogens is 276 g/mol. The topological polar surface area (TPSA) is 44.8 Å². The van der Waals surface area contributed by atoms with E-state index in [2.05, 4.69) is 13.8 Å². The Morgan fingerprint density at radius 3 is 2.45 bits per heavy atom. The number of rotatable bonds is 11. The van der Waals surface area contributed by atoms with Crippen LogP contribution in [0, 0.1) is 0 Å². The first-order chi connectivity index (χ1) is 9.74. The molecule has 0 radical (unpaired) electrons. The van der Waals surface area contributed by atoms with E-state index >= 15 is 0 Å². The number of carbonyl (C=O) groups excluding carboxylic acids is 1. The van der Waals surface area contributed by atoms with Crippen molar-refractivity contribution < 1.29 is 19.0 Å². The average molecular weight is 304 g/mol. The summed E-state index contributed by atoms with van der Waals surface area (Å²) >= 11 is 1.64. The zero-order chi connectivity index (χ0) is 14.8. The van der Waals surface area contributed by atoms with Gasteiger partial charge in [0.2, 0.25) is 0 Å². The molecule has 1 saturated heterocycles. The molecule has 1 aliphatic heterocycles. The highest BCUT2D eigenvalue weighted by atomic mass is 32.2. The lowest BCUT2D eigenvalue weighted by Gasteiger charge is -2.18. The fraction of sp³-hybridized carbons (Fsp3) is 0.933. The largest absolute Gasteiger partial charge is 0.383 e. The van der Waals surface area contributed by atoms with E-state index in [1.165, 1.54) is 0 Å². The van der Waals surface area contributed by atoms with Crippen molar-refractivity contribution in [1.29, 1.82) is 0 Å². The number of carbonyl (C=O) groups is 1. The number of hydrogen-bond acceptors (Lipinski definition) is 5. The SMILES string of the molecule is CCCCOC[C@H]1SC(COC)C(=O)[C@@H]1OCCCC. The van der Waals surface area contributed by atoms with Crippen molar-refractivity contribution in [2.45, 2.75) is 56.1 Å². The zero-order valence-corrected chi connectivity index (χ0v) is 13.7. The number of methoxy groups -OCH3 is 1. The summed E-state index contributed by atoms with van der Waals surface area (Å²) in [6.45, 7) is 6.73. The summed E-state index contributed by atoms with van der Waals surface area (Å²) in [5, 5.41) is 0.00256. The maximum absolute atomic E-state index is 12.3. The summed E-state index contributed by atoms with van der Waals surface area (Å²) in [4.78, 5) is 12.3. The molecule has 0 aromatic rings. The Balaban J connectivity index is 2.46. The number of thioether (sulfide) groups is 1. The van der Waals surface area contributed by atoms with Crippen LogP contribution >= 0.6 is 11.8 Å². The van der Waals surface area contributed by atoms with Crippen LogP contribution in [0.25, 0.3) is 0 Å². The third-order valence-electron chi connectivity index (χ3n) is 3.31. The molecule has 118 valence electrons. The van der Waals surface area contributed by atoms with Crippen molar-refractivity contribution in [3.05, 3.63) is 0 Å². The minimum Gasteiger partial charge on any atom is -0.383 e. The summed E-state index contributed by atoms with van der Waals surface area (Å²) < 4.78 is 16.6. The molecule has 1 unspecified atom stereocenters. The van der Waals surface area contributed by atoms with Gasteiger partial charge in [-0.3, -0.25) is 4.79 Å². The van der Waals surface area contributed by atoms with Gasteiger partial charge in [-0.1, -0.05) is 26.7 Å². The molecule has 20 heavy (non-hydrogen) atoms. The van der Waals surface area contributed by atoms with Crippen LogP contribution < -0.4 is 0 Å². The van der Waals surface area contributed by atoms with Crippen molar-refractivity contribution in [2.24, 2.45) is 0 Å². The molecule has 1 fully saturated rings. The van der Waals surface area contributed by atoms with E-state index < -0.39 is 0 Å². The molecule has 0 N–H and O–H groups in total. The molecule has 1 aliphatic rings. The molecule has 0 spiro atoms. The average Bonchev–Trinajstić information content (AvgIpc) is 2.73. The lowest BCUT2D eigenvalue weighted by atomic mass is 10.1. The summed E-state index contributed by atoms with van der Waals surface area (Å²) in [5.41, 5.74) is 0. The maximum atomic E-state index is 12.3. The van der Waals surface area contributed by atoms with E-state index in [1.54, 1.807) is 18.9 Å². The fourth-order valence-corrected chi connectivity index (χ4v) is 3.54. The third-order valence-corrected chi connectivity index (χ3v) is 4.74. The molecule has 0 saturated carbocycles. The summed E-state index contributed by atoms with van der Waals surface area (Å²) in [7, 11) is 1.63. The first-order valence-corrected chi connectivity index (χ1v) is 8.56. The predicted octanol–water partition coefficient (Wildman–Crippen LogP) is 2.69. The molecular formula is C15H28O4S. The molecule has 0 amide bonds. The van der Waals surface area contributed by atoms with Gasteiger partial charge in [-0.2, -0.15) is 0 Å². The number of unbranched alkanes of at least 4 members (excludes halogenated alkanes) is 2. The Morgan fingerprint density at radius 2 is 1.80 bits per heavy atom. The smallest absolute Gasteiger partial charge is 0.178 e. The second-order valence-corrected chi connectivity index (χ2v) is 6.54. The van der Waals surface area contributed by atoms with Gasteiger partial charge in [-0.25, -0.2) is 0 Å². The van der Waals surface area contributed by atoms with Crippen molar-refractivity contribution in [3.8, 4) is 0 Å². The van der Waals surface area contributed by atoms with E-state index in [0.29, 0.717) is 19.8 Å². The Morgan fingerprint density at radius 1 is 1.10 bits per heavy atom. The van der Waals surface area contributed by atoms with Gasteiger partial charge in [0.05, 0.1) is 23.7 Å². The molecule has 5 heteroatoms. The molecule has 3 atom stereocenters. The molecule has 0 aromatic carbocycles. The van der Waals surface area contributed by atoms with Gasteiger partial charge in [-0.05, 0) is 12.8 Å². The van der Waals surface area contributed by atoms with Gasteiger partial charge in [0.15, 0.2) is 5.78 Å². The van der Waals surface area contributed by atoms with Crippen LogP contribution in [0.1, 0.15) is 39.5 Å². The van der Waals surface area contributed by atoms with Crippen molar-refractivity contribution in [2.75, 3.05) is 33.5 Å². The van der Waals surface area contributed by atoms with E-state index in [9.17, 15) is 4.79 Å². The van der Waals surface area contributed by atoms with Crippen LogP contribution in [-0.2, 0) is 19.0 Å². The van der Waals surface area contributed by atoms with Gasteiger partial charge < -0.3 is 14.2 Å². The Bertz CT molecular complexity index is 273. The Labute approximate surface area is 126 Å². The Kier molecular flexibility index (Phi) is 9.52. The van der Waals surface area contributed by atoms with Gasteiger partial charge in [-0.15, -0.1) is 11.8 Å². The number of Topliss-reactive ketones (excluding diaryl/α,β-unsaturated/α-hetero) is 1. The minimum atomic E-state index is -0.326. The molecule has 0 aliphatic carbocycles. The highest BCUT2D eigenvalue weighted by Crippen LogP contribution is 2.33. The van der Waals surface area contributed by atoms with Crippen LogP contribution in [0.4, 0.5) is 0 Å². The standard InChI is InChI=1S/C15H28O4S/c1-4-6-8-18-11-13-15(19-9-7-5-2)14(16)12(20-13)10-17-3/h12-13,15H,4-11H2,1-3H3/t12?,13-,15-/m1/s1. The van der Waals surface area contributed by atoms with Crippen LogP contribution in [0.2, 0.25) is 0 Å². The van der Waals surface area contributed by atoms with Gasteiger partial charge in [0, 0.05) is 20.3 Å². The van der Waals surface area contributed by atoms with Gasteiger partial charge >= 0.3 is 0 Å². The van der Waals surface area contributed by atoms with Crippen molar-refractivity contribution in [3.63, 3.8) is 0 Å².